The van der Waals surface area contributed by atoms with Crippen LogP contribution in [0.15, 0.2) is 27.7 Å². The first-order valence-corrected chi connectivity index (χ1v) is 5.22. The molecule has 0 saturated carbocycles. The van der Waals surface area contributed by atoms with Gasteiger partial charge in [-0.05, 0) is 34.1 Å². The number of nitrogens with zero attached hydrogens (tertiary/aromatic N) is 1. The van der Waals surface area contributed by atoms with Gasteiger partial charge in [0.15, 0.2) is 0 Å². The molecule has 0 amide bonds. The molecule has 14 heavy (non-hydrogen) atoms. The van der Waals surface area contributed by atoms with Gasteiger partial charge in [0.05, 0.1) is 23.1 Å². The molecule has 0 aromatic heterocycles. The van der Waals surface area contributed by atoms with Gasteiger partial charge in [-0.25, -0.2) is 4.99 Å². The lowest BCUT2D eigenvalue weighted by Crippen LogP contribution is -2.12. The molecule has 0 bridgehead atoms. The van der Waals surface area contributed by atoms with Gasteiger partial charge in [-0.3, -0.25) is 0 Å². The van der Waals surface area contributed by atoms with Crippen molar-refractivity contribution in [2.75, 3.05) is 13.0 Å². The fraction of sp³-hybridized carbons (Fsp3) is 0.222. The zero-order chi connectivity index (χ0) is 10.6. The van der Waals surface area contributed by atoms with E-state index in [2.05, 4.69) is 20.9 Å². The number of nitrogens with two attached hydrogens (primary N) is 1. The minimum absolute atomic E-state index is 0.226. The van der Waals surface area contributed by atoms with Crippen molar-refractivity contribution < 1.29 is 4.74 Å². The van der Waals surface area contributed by atoms with E-state index in [-0.39, 0.29) is 5.88 Å². The molecule has 1 aromatic rings. The molecule has 0 unspecified atom stereocenters. The summed E-state index contributed by atoms with van der Waals surface area (Å²) < 4.78 is 5.92. The van der Waals surface area contributed by atoms with E-state index in [4.69, 9.17) is 22.1 Å². The van der Waals surface area contributed by atoms with Crippen LogP contribution in [0.4, 0.5) is 5.69 Å². The van der Waals surface area contributed by atoms with Gasteiger partial charge in [-0.2, -0.15) is 0 Å². The summed E-state index contributed by atoms with van der Waals surface area (Å²) in [5, 5.41) is 0. The lowest BCUT2D eigenvalue weighted by Gasteiger charge is -2.03. The summed E-state index contributed by atoms with van der Waals surface area (Å²) in [6.07, 6.45) is 0. The molecule has 0 aliphatic carbocycles. The maximum Gasteiger partial charge on any atom is 0.133 e. The van der Waals surface area contributed by atoms with Gasteiger partial charge >= 0.3 is 0 Å². The summed E-state index contributed by atoms with van der Waals surface area (Å²) in [4.78, 5) is 4.09. The number of amidine groups is 1. The van der Waals surface area contributed by atoms with Crippen LogP contribution >= 0.6 is 27.5 Å². The predicted octanol–water partition coefficient (Wildman–Crippen LogP) is 2.69. The highest BCUT2D eigenvalue weighted by Gasteiger charge is 2.00. The molecule has 76 valence electrons. The molecule has 1 aromatic carbocycles. The van der Waals surface area contributed by atoms with Crippen LogP contribution in [0.5, 0.6) is 5.75 Å². The summed E-state index contributed by atoms with van der Waals surface area (Å²) in [5.41, 5.74) is 6.24. The van der Waals surface area contributed by atoms with Crippen molar-refractivity contribution in [3.8, 4) is 5.75 Å². The van der Waals surface area contributed by atoms with Crippen LogP contribution < -0.4 is 10.5 Å². The Hall–Kier alpha value is -0.740. The van der Waals surface area contributed by atoms with Crippen molar-refractivity contribution in [1.82, 2.24) is 0 Å². The van der Waals surface area contributed by atoms with E-state index in [1.807, 2.05) is 18.2 Å². The molecule has 0 heterocycles. The van der Waals surface area contributed by atoms with Gasteiger partial charge in [-0.1, -0.05) is 0 Å². The van der Waals surface area contributed by atoms with Gasteiger partial charge in [0.25, 0.3) is 0 Å². The van der Waals surface area contributed by atoms with Crippen LogP contribution in [0.3, 0.4) is 0 Å². The number of hydrogen-bond acceptors (Lipinski definition) is 2. The van der Waals surface area contributed by atoms with Crippen molar-refractivity contribution in [2.24, 2.45) is 10.7 Å². The Labute approximate surface area is 96.0 Å². The van der Waals surface area contributed by atoms with E-state index in [1.54, 1.807) is 7.11 Å². The first kappa shape index (κ1) is 11.3. The molecule has 0 fully saturated rings. The summed E-state index contributed by atoms with van der Waals surface area (Å²) in [6, 6.07) is 5.44. The zero-order valence-electron chi connectivity index (χ0n) is 7.63. The summed E-state index contributed by atoms with van der Waals surface area (Å²) in [5.74, 6) is 1.38. The number of halogens is 2. The SMILES string of the molecule is COc1ccc(N=C(N)CCl)cc1Br. The second-order valence-corrected chi connectivity index (χ2v) is 3.68. The Morgan fingerprint density at radius 3 is 2.86 bits per heavy atom. The highest BCUT2D eigenvalue weighted by molar-refractivity contribution is 9.10. The second kappa shape index (κ2) is 5.22. The zero-order valence-corrected chi connectivity index (χ0v) is 9.97. The molecule has 3 nitrogen and oxygen atoms in total. The molecular weight excluding hydrogens is 267 g/mol. The van der Waals surface area contributed by atoms with Gasteiger partial charge in [0.1, 0.15) is 11.6 Å². The fourth-order valence-electron chi connectivity index (χ4n) is 0.921. The molecule has 1 rings (SSSR count). The predicted molar refractivity (Wildman–Crippen MR) is 62.7 cm³/mol. The van der Waals surface area contributed by atoms with E-state index in [0.717, 1.165) is 15.9 Å². The Morgan fingerprint density at radius 1 is 1.64 bits per heavy atom. The maximum absolute atomic E-state index is 5.51. The number of alkyl halides is 1. The van der Waals surface area contributed by atoms with Crippen molar-refractivity contribution in [3.05, 3.63) is 22.7 Å². The maximum atomic E-state index is 5.51. The number of aliphatic imine (C=N–C) groups is 1. The number of benzene rings is 1. The molecule has 0 aliphatic rings. The number of hydrogen-bond donors (Lipinski definition) is 1. The highest BCUT2D eigenvalue weighted by Crippen LogP contribution is 2.28. The van der Waals surface area contributed by atoms with Crippen molar-refractivity contribution >= 4 is 39.1 Å². The summed E-state index contributed by atoms with van der Waals surface area (Å²) in [7, 11) is 1.61. The van der Waals surface area contributed by atoms with Gasteiger partial charge in [-0.15, -0.1) is 11.6 Å². The largest absolute Gasteiger partial charge is 0.496 e. The first-order valence-electron chi connectivity index (χ1n) is 3.90. The minimum Gasteiger partial charge on any atom is -0.496 e. The number of rotatable bonds is 3. The third-order valence-corrected chi connectivity index (χ3v) is 2.44. The van der Waals surface area contributed by atoms with Crippen molar-refractivity contribution in [3.63, 3.8) is 0 Å². The summed E-state index contributed by atoms with van der Waals surface area (Å²) in [6.45, 7) is 0. The van der Waals surface area contributed by atoms with Crippen LogP contribution in [-0.4, -0.2) is 18.8 Å². The van der Waals surface area contributed by atoms with Crippen LogP contribution in [0, 0.1) is 0 Å². The Balaban J connectivity index is 2.97. The van der Waals surface area contributed by atoms with Crippen molar-refractivity contribution in [2.45, 2.75) is 0 Å². The molecule has 0 spiro atoms. The first-order chi connectivity index (χ1) is 6.67. The Morgan fingerprint density at radius 2 is 2.36 bits per heavy atom. The average Bonchev–Trinajstić information content (AvgIpc) is 2.18. The highest BCUT2D eigenvalue weighted by atomic mass is 79.9. The molecule has 2 N–H and O–H groups in total. The van der Waals surface area contributed by atoms with E-state index < -0.39 is 0 Å². The quantitative estimate of drug-likeness (QED) is 0.524. The molecule has 5 heteroatoms. The number of methoxy groups -OCH3 is 1. The molecule has 0 atom stereocenters. The third-order valence-electron chi connectivity index (χ3n) is 1.54. The van der Waals surface area contributed by atoms with Crippen LogP contribution in [0.1, 0.15) is 0 Å². The smallest absolute Gasteiger partial charge is 0.133 e. The van der Waals surface area contributed by atoms with E-state index in [0.29, 0.717) is 5.84 Å². The molecule has 0 saturated heterocycles. The minimum atomic E-state index is 0.226. The molecule has 0 aliphatic heterocycles. The fourth-order valence-corrected chi connectivity index (χ4v) is 1.51. The van der Waals surface area contributed by atoms with Crippen LogP contribution in [-0.2, 0) is 0 Å². The lowest BCUT2D eigenvalue weighted by atomic mass is 10.3. The molecular formula is C9H10BrClN2O. The topological polar surface area (TPSA) is 47.6 Å². The van der Waals surface area contributed by atoms with Gasteiger partial charge in [0.2, 0.25) is 0 Å². The third kappa shape index (κ3) is 2.89. The number of ether oxygens (including phenoxy) is 1. The molecule has 0 radical (unpaired) electrons. The van der Waals surface area contributed by atoms with E-state index >= 15 is 0 Å². The summed E-state index contributed by atoms with van der Waals surface area (Å²) >= 11 is 8.86. The van der Waals surface area contributed by atoms with Crippen LogP contribution in [0.2, 0.25) is 0 Å². The van der Waals surface area contributed by atoms with Crippen molar-refractivity contribution in [1.29, 1.82) is 0 Å². The lowest BCUT2D eigenvalue weighted by molar-refractivity contribution is 0.412. The van der Waals surface area contributed by atoms with Crippen LogP contribution in [0.25, 0.3) is 0 Å². The van der Waals surface area contributed by atoms with Gasteiger partial charge < -0.3 is 10.5 Å². The van der Waals surface area contributed by atoms with E-state index in [1.165, 1.54) is 0 Å². The Kier molecular flexibility index (Phi) is 4.22. The van der Waals surface area contributed by atoms with E-state index in [9.17, 15) is 0 Å². The normalized spacial score (nSPS) is 11.5. The standard InChI is InChI=1S/C9H10BrClN2O/c1-14-8-3-2-6(4-7(8)10)13-9(12)5-11/h2-4H,5H2,1H3,(H2,12,13). The monoisotopic (exact) mass is 276 g/mol. The second-order valence-electron chi connectivity index (χ2n) is 2.56. The average molecular weight is 278 g/mol. The van der Waals surface area contributed by atoms with Gasteiger partial charge in [0, 0.05) is 0 Å². The Bertz CT molecular complexity index is 355.